The van der Waals surface area contributed by atoms with Crippen LogP contribution in [0.1, 0.15) is 38.9 Å². The third-order valence-corrected chi connectivity index (χ3v) is 13.9. The Morgan fingerprint density at radius 2 is 0.938 bits per heavy atom. The molecule has 4 heteroatoms. The summed E-state index contributed by atoms with van der Waals surface area (Å²) in [4.78, 5) is 15.1. The second-order valence-electron chi connectivity index (χ2n) is 17.3. The SMILES string of the molecule is Cc1c(-c2ccc3c(c2CCc2cccc(-c4nc(-c5ccccc5)nc(-c5ccccc5)n4)c2)-c2ccccc2C32c3ccccc3-c3ccccc32)ccc2oc3ccccc3c12. The molecule has 0 fully saturated rings. The third-order valence-electron chi connectivity index (χ3n) is 13.9. The van der Waals surface area contributed by atoms with Crippen LogP contribution in [0.15, 0.2) is 211 Å². The fraction of sp³-hybridized carbons (Fsp3) is 0.0656. The largest absolute Gasteiger partial charge is 0.456 e. The molecule has 0 unspecified atom stereocenters. The first kappa shape index (κ1) is 37.4. The van der Waals surface area contributed by atoms with Gasteiger partial charge in [0.25, 0.3) is 0 Å². The number of fused-ring (bicyclic) bond motifs is 13. The van der Waals surface area contributed by atoms with Crippen molar-refractivity contribution in [3.8, 4) is 67.5 Å². The summed E-state index contributed by atoms with van der Waals surface area (Å²) in [7, 11) is 0. The first-order valence-electron chi connectivity index (χ1n) is 22.5. The zero-order valence-corrected chi connectivity index (χ0v) is 35.8. The first-order valence-corrected chi connectivity index (χ1v) is 22.5. The number of para-hydroxylation sites is 1. The molecule has 0 saturated carbocycles. The van der Waals surface area contributed by atoms with Gasteiger partial charge >= 0.3 is 0 Å². The summed E-state index contributed by atoms with van der Waals surface area (Å²) < 4.78 is 6.41. The molecule has 9 aromatic carbocycles. The van der Waals surface area contributed by atoms with Gasteiger partial charge in [-0.1, -0.05) is 188 Å². The van der Waals surface area contributed by atoms with Gasteiger partial charge in [-0.15, -0.1) is 0 Å². The van der Waals surface area contributed by atoms with Gasteiger partial charge in [0, 0.05) is 27.5 Å². The lowest BCUT2D eigenvalue weighted by atomic mass is 9.70. The maximum absolute atomic E-state index is 6.41. The minimum atomic E-state index is -0.433. The Balaban J connectivity index is 0.996. The van der Waals surface area contributed by atoms with Crippen LogP contribution in [0.2, 0.25) is 0 Å². The highest BCUT2D eigenvalue weighted by molar-refractivity contribution is 6.09. The van der Waals surface area contributed by atoms with E-state index in [0.717, 1.165) is 46.1 Å². The fourth-order valence-electron chi connectivity index (χ4n) is 11.1. The summed E-state index contributed by atoms with van der Waals surface area (Å²) in [5, 5.41) is 2.32. The number of furan rings is 1. The van der Waals surface area contributed by atoms with Crippen molar-refractivity contribution in [1.29, 1.82) is 0 Å². The summed E-state index contributed by atoms with van der Waals surface area (Å²) in [5.41, 5.74) is 21.2. The van der Waals surface area contributed by atoms with E-state index in [2.05, 4.69) is 171 Å². The molecule has 0 atom stereocenters. The Morgan fingerprint density at radius 1 is 0.400 bits per heavy atom. The van der Waals surface area contributed by atoms with E-state index in [0.29, 0.717) is 17.5 Å². The molecule has 0 bridgehead atoms. The molecule has 2 aromatic heterocycles. The van der Waals surface area contributed by atoms with Gasteiger partial charge in [-0.2, -0.15) is 0 Å². The standard InChI is InChI=1S/C61H41N3O/c1-38-43(34-36-55-56(38)49-26-11-15-30-54(49)65-55)44-33-35-53-57(48-25-10-14-29-52(48)61(53)50-27-12-8-23-45(50)46-24-9-13-28-51(46)61)47(44)32-31-39-17-16-22-42(37-39)60-63-58(40-18-4-2-5-19-40)62-59(64-60)41-20-6-3-7-21-41/h2-30,33-37H,31-32H2,1H3. The van der Waals surface area contributed by atoms with E-state index < -0.39 is 5.41 Å². The van der Waals surface area contributed by atoms with Crippen LogP contribution >= 0.6 is 0 Å². The minimum Gasteiger partial charge on any atom is -0.456 e. The van der Waals surface area contributed by atoms with E-state index in [4.69, 9.17) is 19.4 Å². The molecule has 11 aromatic rings. The molecule has 2 aliphatic carbocycles. The van der Waals surface area contributed by atoms with Crippen molar-refractivity contribution >= 4 is 21.9 Å². The average Bonchev–Trinajstić information content (AvgIpc) is 4.01. The normalized spacial score (nSPS) is 12.9. The summed E-state index contributed by atoms with van der Waals surface area (Å²) >= 11 is 0. The number of hydrogen-bond donors (Lipinski definition) is 0. The number of aryl methyl sites for hydroxylation is 2. The van der Waals surface area contributed by atoms with Gasteiger partial charge in [0.1, 0.15) is 11.2 Å². The van der Waals surface area contributed by atoms with E-state index in [9.17, 15) is 0 Å². The maximum Gasteiger partial charge on any atom is 0.164 e. The summed E-state index contributed by atoms with van der Waals surface area (Å²) in [5.74, 6) is 1.97. The number of nitrogens with zero attached hydrogens (tertiary/aromatic N) is 3. The van der Waals surface area contributed by atoms with Crippen LogP contribution in [0.3, 0.4) is 0 Å². The molecule has 0 amide bonds. The van der Waals surface area contributed by atoms with Gasteiger partial charge in [-0.25, -0.2) is 15.0 Å². The van der Waals surface area contributed by atoms with Gasteiger partial charge in [0.05, 0.1) is 5.41 Å². The molecular formula is C61H41N3O. The Bertz CT molecular complexity index is 3580. The Hall–Kier alpha value is -8.21. The van der Waals surface area contributed by atoms with Crippen molar-refractivity contribution < 1.29 is 4.42 Å². The second kappa shape index (κ2) is 14.7. The summed E-state index contributed by atoms with van der Waals surface area (Å²) in [6.45, 7) is 2.27. The van der Waals surface area contributed by atoms with E-state index in [1.54, 1.807) is 0 Å². The zero-order valence-electron chi connectivity index (χ0n) is 35.8. The Kier molecular flexibility index (Phi) is 8.44. The smallest absolute Gasteiger partial charge is 0.164 e. The van der Waals surface area contributed by atoms with Crippen molar-refractivity contribution in [3.63, 3.8) is 0 Å². The van der Waals surface area contributed by atoms with E-state index in [-0.39, 0.29) is 0 Å². The quantitative estimate of drug-likeness (QED) is 0.161. The fourth-order valence-corrected chi connectivity index (χ4v) is 11.1. The molecule has 306 valence electrons. The molecule has 4 nitrogen and oxygen atoms in total. The average molecular weight is 832 g/mol. The highest BCUT2D eigenvalue weighted by Gasteiger charge is 2.52. The third kappa shape index (κ3) is 5.67. The van der Waals surface area contributed by atoms with Crippen molar-refractivity contribution in [1.82, 2.24) is 15.0 Å². The zero-order chi connectivity index (χ0) is 43.1. The van der Waals surface area contributed by atoms with Crippen molar-refractivity contribution in [3.05, 3.63) is 245 Å². The lowest BCUT2D eigenvalue weighted by Crippen LogP contribution is -2.25. The van der Waals surface area contributed by atoms with Crippen molar-refractivity contribution in [2.24, 2.45) is 0 Å². The monoisotopic (exact) mass is 831 g/mol. The number of aromatic nitrogens is 3. The number of rotatable bonds is 7. The van der Waals surface area contributed by atoms with Crippen LogP contribution in [0.25, 0.3) is 89.5 Å². The topological polar surface area (TPSA) is 51.8 Å². The lowest BCUT2D eigenvalue weighted by Gasteiger charge is -2.31. The van der Waals surface area contributed by atoms with Crippen LogP contribution < -0.4 is 0 Å². The van der Waals surface area contributed by atoms with Gasteiger partial charge < -0.3 is 4.42 Å². The van der Waals surface area contributed by atoms with E-state index in [1.165, 1.54) is 77.7 Å². The highest BCUT2D eigenvalue weighted by Crippen LogP contribution is 2.64. The molecule has 65 heavy (non-hydrogen) atoms. The van der Waals surface area contributed by atoms with Crippen LogP contribution in [-0.2, 0) is 18.3 Å². The number of benzene rings is 9. The molecule has 1 spiro atoms. The van der Waals surface area contributed by atoms with Gasteiger partial charge in [0.15, 0.2) is 17.5 Å². The number of hydrogen-bond acceptors (Lipinski definition) is 4. The molecular weight excluding hydrogens is 791 g/mol. The minimum absolute atomic E-state index is 0.433. The summed E-state index contributed by atoms with van der Waals surface area (Å²) in [6.07, 6.45) is 1.64. The molecule has 2 heterocycles. The summed E-state index contributed by atoms with van der Waals surface area (Å²) in [6, 6.07) is 74.1. The molecule has 13 rings (SSSR count). The van der Waals surface area contributed by atoms with Crippen LogP contribution in [0.5, 0.6) is 0 Å². The van der Waals surface area contributed by atoms with Crippen LogP contribution in [0.4, 0.5) is 0 Å². The van der Waals surface area contributed by atoms with Crippen molar-refractivity contribution in [2.45, 2.75) is 25.2 Å². The first-order chi connectivity index (χ1) is 32.1. The van der Waals surface area contributed by atoms with Gasteiger partial charge in [0.2, 0.25) is 0 Å². The lowest BCUT2D eigenvalue weighted by molar-refractivity contribution is 0.669. The van der Waals surface area contributed by atoms with Crippen LogP contribution in [0, 0.1) is 6.92 Å². The van der Waals surface area contributed by atoms with E-state index in [1.807, 2.05) is 42.5 Å². The van der Waals surface area contributed by atoms with Gasteiger partial charge in [-0.3, -0.25) is 0 Å². The van der Waals surface area contributed by atoms with Gasteiger partial charge in [-0.05, 0) is 110 Å². The maximum atomic E-state index is 6.41. The predicted octanol–water partition coefficient (Wildman–Crippen LogP) is 14.9. The second-order valence-corrected chi connectivity index (χ2v) is 17.3. The Labute approximate surface area is 377 Å². The Morgan fingerprint density at radius 3 is 1.62 bits per heavy atom. The predicted molar refractivity (Wildman–Crippen MR) is 264 cm³/mol. The molecule has 0 aliphatic heterocycles. The van der Waals surface area contributed by atoms with Crippen LogP contribution in [-0.4, -0.2) is 15.0 Å². The van der Waals surface area contributed by atoms with Crippen molar-refractivity contribution in [2.75, 3.05) is 0 Å². The molecule has 0 N–H and O–H groups in total. The molecule has 0 radical (unpaired) electrons. The van der Waals surface area contributed by atoms with E-state index >= 15 is 0 Å². The highest BCUT2D eigenvalue weighted by atomic mass is 16.3. The molecule has 2 aliphatic rings. The molecule has 0 saturated heterocycles.